The van der Waals surface area contributed by atoms with Crippen LogP contribution >= 0.6 is 0 Å². The Balaban J connectivity index is 1.31. The van der Waals surface area contributed by atoms with E-state index in [4.69, 9.17) is 0 Å². The first-order valence-corrected chi connectivity index (χ1v) is 8.99. The standard InChI is InChI=1S/C20H25N5/c1-23(13-17-4-3-8-21-12-17)14-18-7-10-24(15-18)16-19-5-2-6-20-22-9-11-25(19)20/h2-6,8-9,11-12,18H,7,10,13-16H2,1H3. The van der Waals surface area contributed by atoms with Crippen molar-refractivity contribution in [3.63, 3.8) is 0 Å². The van der Waals surface area contributed by atoms with E-state index in [1.54, 1.807) is 0 Å². The molecule has 3 aromatic heterocycles. The molecule has 1 atom stereocenters. The van der Waals surface area contributed by atoms with Crippen molar-refractivity contribution >= 4 is 5.65 Å². The SMILES string of the molecule is CN(Cc1cccnc1)CC1CCN(Cc2cccc3nccn23)C1. The van der Waals surface area contributed by atoms with Crippen molar-refractivity contribution in [1.29, 1.82) is 0 Å². The molecule has 1 fully saturated rings. The second kappa shape index (κ2) is 7.33. The molecular formula is C20H25N5. The summed E-state index contributed by atoms with van der Waals surface area (Å²) in [6, 6.07) is 10.5. The second-order valence-electron chi connectivity index (χ2n) is 7.12. The van der Waals surface area contributed by atoms with E-state index in [2.05, 4.69) is 61.7 Å². The van der Waals surface area contributed by atoms with Gasteiger partial charge in [0.15, 0.2) is 0 Å². The smallest absolute Gasteiger partial charge is 0.136 e. The molecule has 0 saturated carbocycles. The van der Waals surface area contributed by atoms with Crippen LogP contribution in [0.1, 0.15) is 17.7 Å². The van der Waals surface area contributed by atoms with Crippen LogP contribution < -0.4 is 0 Å². The molecule has 130 valence electrons. The zero-order chi connectivity index (χ0) is 17.1. The molecular weight excluding hydrogens is 310 g/mol. The molecule has 1 aliphatic heterocycles. The highest BCUT2D eigenvalue weighted by atomic mass is 15.2. The van der Waals surface area contributed by atoms with Crippen molar-refractivity contribution in [1.82, 2.24) is 24.2 Å². The largest absolute Gasteiger partial charge is 0.303 e. The van der Waals surface area contributed by atoms with Gasteiger partial charge in [0.25, 0.3) is 0 Å². The maximum Gasteiger partial charge on any atom is 0.136 e. The van der Waals surface area contributed by atoms with Gasteiger partial charge in [-0.15, -0.1) is 0 Å². The maximum atomic E-state index is 4.38. The summed E-state index contributed by atoms with van der Waals surface area (Å²) in [4.78, 5) is 13.6. The quantitative estimate of drug-likeness (QED) is 0.694. The third kappa shape index (κ3) is 3.89. The first-order chi connectivity index (χ1) is 12.3. The maximum absolute atomic E-state index is 4.38. The van der Waals surface area contributed by atoms with Gasteiger partial charge in [-0.05, 0) is 49.7 Å². The number of rotatable bonds is 6. The van der Waals surface area contributed by atoms with Crippen LogP contribution in [-0.2, 0) is 13.1 Å². The summed E-state index contributed by atoms with van der Waals surface area (Å²) >= 11 is 0. The number of imidazole rings is 1. The number of pyridine rings is 2. The number of hydrogen-bond donors (Lipinski definition) is 0. The van der Waals surface area contributed by atoms with E-state index >= 15 is 0 Å². The molecule has 0 N–H and O–H groups in total. The molecule has 0 radical (unpaired) electrons. The van der Waals surface area contributed by atoms with Gasteiger partial charge in [0.2, 0.25) is 0 Å². The van der Waals surface area contributed by atoms with Gasteiger partial charge in [-0.2, -0.15) is 0 Å². The van der Waals surface area contributed by atoms with Crippen molar-refractivity contribution in [2.24, 2.45) is 5.92 Å². The lowest BCUT2D eigenvalue weighted by molar-refractivity contribution is 0.253. The summed E-state index contributed by atoms with van der Waals surface area (Å²) in [6.07, 6.45) is 9.00. The average molecular weight is 335 g/mol. The van der Waals surface area contributed by atoms with E-state index in [1.165, 1.54) is 30.8 Å². The van der Waals surface area contributed by atoms with Crippen LogP contribution in [0.4, 0.5) is 0 Å². The molecule has 0 amide bonds. The fraction of sp³-hybridized carbons (Fsp3) is 0.400. The molecule has 4 rings (SSSR count). The molecule has 1 unspecified atom stereocenters. The molecule has 1 aliphatic rings. The lowest BCUT2D eigenvalue weighted by Gasteiger charge is -2.21. The molecule has 0 aliphatic carbocycles. The third-order valence-electron chi connectivity index (χ3n) is 5.01. The first-order valence-electron chi connectivity index (χ1n) is 8.99. The van der Waals surface area contributed by atoms with Gasteiger partial charge in [-0.3, -0.25) is 9.88 Å². The minimum absolute atomic E-state index is 0.740. The molecule has 0 bridgehead atoms. The Morgan fingerprint density at radius 1 is 1.20 bits per heavy atom. The van der Waals surface area contributed by atoms with Crippen molar-refractivity contribution in [3.05, 3.63) is 66.4 Å². The summed E-state index contributed by atoms with van der Waals surface area (Å²) in [5, 5.41) is 0. The minimum Gasteiger partial charge on any atom is -0.303 e. The van der Waals surface area contributed by atoms with Crippen LogP contribution in [0, 0.1) is 5.92 Å². The number of fused-ring (bicyclic) bond motifs is 1. The highest BCUT2D eigenvalue weighted by molar-refractivity contribution is 5.39. The minimum atomic E-state index is 0.740. The second-order valence-corrected chi connectivity index (χ2v) is 7.12. The van der Waals surface area contributed by atoms with Gasteiger partial charge in [0.1, 0.15) is 5.65 Å². The van der Waals surface area contributed by atoms with Gasteiger partial charge >= 0.3 is 0 Å². The molecule has 3 aromatic rings. The van der Waals surface area contributed by atoms with Gasteiger partial charge in [0, 0.05) is 56.7 Å². The highest BCUT2D eigenvalue weighted by Crippen LogP contribution is 2.20. The molecule has 0 aromatic carbocycles. The lowest BCUT2D eigenvalue weighted by Crippen LogP contribution is -2.28. The van der Waals surface area contributed by atoms with Crippen LogP contribution in [0.2, 0.25) is 0 Å². The molecule has 25 heavy (non-hydrogen) atoms. The van der Waals surface area contributed by atoms with Crippen molar-refractivity contribution in [3.8, 4) is 0 Å². The zero-order valence-electron chi connectivity index (χ0n) is 14.8. The Morgan fingerprint density at radius 2 is 2.16 bits per heavy atom. The van der Waals surface area contributed by atoms with E-state index in [0.29, 0.717) is 0 Å². The van der Waals surface area contributed by atoms with Crippen molar-refractivity contribution in [2.45, 2.75) is 19.5 Å². The van der Waals surface area contributed by atoms with Crippen molar-refractivity contribution in [2.75, 3.05) is 26.7 Å². The normalized spacial score (nSPS) is 18.4. The number of likely N-dealkylation sites (tertiary alicyclic amines) is 1. The van der Waals surface area contributed by atoms with Gasteiger partial charge < -0.3 is 9.30 Å². The van der Waals surface area contributed by atoms with E-state index < -0.39 is 0 Å². The average Bonchev–Trinajstić information content (AvgIpc) is 3.25. The Labute approximate surface area is 148 Å². The lowest BCUT2D eigenvalue weighted by atomic mass is 10.1. The number of hydrogen-bond acceptors (Lipinski definition) is 4. The summed E-state index contributed by atoms with van der Waals surface area (Å²) in [7, 11) is 2.21. The molecule has 5 nitrogen and oxygen atoms in total. The highest BCUT2D eigenvalue weighted by Gasteiger charge is 2.24. The monoisotopic (exact) mass is 335 g/mol. The zero-order valence-corrected chi connectivity index (χ0v) is 14.8. The Bertz CT molecular complexity index is 813. The van der Waals surface area contributed by atoms with E-state index in [9.17, 15) is 0 Å². The van der Waals surface area contributed by atoms with E-state index in [-0.39, 0.29) is 0 Å². The molecule has 1 saturated heterocycles. The summed E-state index contributed by atoms with van der Waals surface area (Å²) in [5.74, 6) is 0.740. The number of nitrogens with zero attached hydrogens (tertiary/aromatic N) is 5. The van der Waals surface area contributed by atoms with Crippen LogP contribution in [0.25, 0.3) is 5.65 Å². The molecule has 5 heteroatoms. The Hall–Kier alpha value is -2.24. The van der Waals surface area contributed by atoms with Gasteiger partial charge in [0.05, 0.1) is 0 Å². The van der Waals surface area contributed by atoms with Crippen LogP contribution in [-0.4, -0.2) is 50.9 Å². The molecule has 0 spiro atoms. The van der Waals surface area contributed by atoms with E-state index in [1.807, 2.05) is 24.7 Å². The summed E-state index contributed by atoms with van der Waals surface area (Å²) in [5.41, 5.74) is 3.63. The van der Waals surface area contributed by atoms with Crippen LogP contribution in [0.5, 0.6) is 0 Å². The predicted molar refractivity (Wildman–Crippen MR) is 99.1 cm³/mol. The fourth-order valence-corrected chi connectivity index (χ4v) is 3.88. The Kier molecular flexibility index (Phi) is 4.76. The van der Waals surface area contributed by atoms with Gasteiger partial charge in [-0.25, -0.2) is 4.98 Å². The number of aromatic nitrogens is 3. The van der Waals surface area contributed by atoms with E-state index in [0.717, 1.165) is 31.2 Å². The summed E-state index contributed by atoms with van der Waals surface area (Å²) < 4.78 is 2.20. The predicted octanol–water partition coefficient (Wildman–Crippen LogP) is 2.68. The summed E-state index contributed by atoms with van der Waals surface area (Å²) in [6.45, 7) is 5.45. The first kappa shape index (κ1) is 16.2. The van der Waals surface area contributed by atoms with Crippen LogP contribution in [0.15, 0.2) is 55.1 Å². The third-order valence-corrected chi connectivity index (χ3v) is 5.01. The Morgan fingerprint density at radius 3 is 3.04 bits per heavy atom. The van der Waals surface area contributed by atoms with Gasteiger partial charge in [-0.1, -0.05) is 12.1 Å². The molecule has 4 heterocycles. The fourth-order valence-electron chi connectivity index (χ4n) is 3.88. The van der Waals surface area contributed by atoms with Crippen LogP contribution in [0.3, 0.4) is 0 Å². The van der Waals surface area contributed by atoms with Crippen molar-refractivity contribution < 1.29 is 0 Å². The topological polar surface area (TPSA) is 36.7 Å².